The first-order chi connectivity index (χ1) is 10.2. The predicted molar refractivity (Wildman–Crippen MR) is 89.7 cm³/mol. The van der Waals surface area contributed by atoms with Crippen molar-refractivity contribution in [3.63, 3.8) is 0 Å². The first kappa shape index (κ1) is 14.9. The predicted octanol–water partition coefficient (Wildman–Crippen LogP) is 4.11. The molecule has 108 valence electrons. The zero-order chi connectivity index (χ0) is 14.7. The summed E-state index contributed by atoms with van der Waals surface area (Å²) in [5.74, 6) is 0.176. The minimum atomic E-state index is -0.111. The molecule has 5 nitrogen and oxygen atoms in total. The highest BCUT2D eigenvalue weighted by Gasteiger charge is 2.10. The molecule has 0 saturated heterocycles. The van der Waals surface area contributed by atoms with Crippen molar-refractivity contribution in [2.24, 2.45) is 0 Å². The molecular formula is C11H7ClN4OS4. The first-order valence-corrected chi connectivity index (χ1v) is 9.55. The van der Waals surface area contributed by atoms with E-state index in [2.05, 4.69) is 20.5 Å². The van der Waals surface area contributed by atoms with E-state index in [1.807, 2.05) is 17.5 Å². The zero-order valence-electron chi connectivity index (χ0n) is 10.3. The molecule has 0 spiro atoms. The molecule has 3 heterocycles. The second kappa shape index (κ2) is 6.84. The molecule has 0 aliphatic heterocycles. The lowest BCUT2D eigenvalue weighted by atomic mass is 10.4. The maximum Gasteiger partial charge on any atom is 0.236 e. The Hall–Kier alpha value is -1.000. The van der Waals surface area contributed by atoms with Gasteiger partial charge in [0, 0.05) is 5.38 Å². The fourth-order valence-electron chi connectivity index (χ4n) is 1.40. The van der Waals surface area contributed by atoms with Gasteiger partial charge in [-0.2, -0.15) is 0 Å². The number of nitrogens with one attached hydrogen (secondary N) is 1. The highest BCUT2D eigenvalue weighted by atomic mass is 35.5. The van der Waals surface area contributed by atoms with Gasteiger partial charge >= 0.3 is 0 Å². The molecule has 0 unspecified atom stereocenters. The quantitative estimate of drug-likeness (QED) is 0.681. The van der Waals surface area contributed by atoms with Crippen LogP contribution in [0.5, 0.6) is 0 Å². The van der Waals surface area contributed by atoms with E-state index < -0.39 is 0 Å². The highest BCUT2D eigenvalue weighted by Crippen LogP contribution is 2.32. The van der Waals surface area contributed by atoms with Gasteiger partial charge in [-0.25, -0.2) is 4.98 Å². The van der Waals surface area contributed by atoms with Crippen molar-refractivity contribution in [1.82, 2.24) is 15.2 Å². The van der Waals surface area contributed by atoms with Crippen molar-refractivity contribution >= 4 is 68.4 Å². The molecule has 3 rings (SSSR count). The molecule has 0 bridgehead atoms. The largest absolute Gasteiger partial charge is 0.301 e. The summed E-state index contributed by atoms with van der Waals surface area (Å²) in [4.78, 5) is 17.2. The topological polar surface area (TPSA) is 67.8 Å². The number of halogens is 1. The number of aromatic nitrogens is 3. The minimum Gasteiger partial charge on any atom is -0.301 e. The van der Waals surface area contributed by atoms with Gasteiger partial charge < -0.3 is 5.32 Å². The standard InChI is InChI=1S/C11H7ClN4OS4/c12-8-2-1-7(21-8)6-3-18-10(14-6)15-9(17)4-19-11-16-13-5-20-11/h1-3,5H,4H2,(H,14,15,17). The van der Waals surface area contributed by atoms with Gasteiger partial charge in [0.15, 0.2) is 9.47 Å². The molecule has 10 heteroatoms. The molecule has 3 aromatic heterocycles. The van der Waals surface area contributed by atoms with E-state index in [0.717, 1.165) is 19.2 Å². The SMILES string of the molecule is O=C(CSc1nncs1)Nc1nc(-c2ccc(Cl)s2)cs1. The van der Waals surface area contributed by atoms with Crippen molar-refractivity contribution in [3.8, 4) is 10.6 Å². The summed E-state index contributed by atoms with van der Waals surface area (Å²) in [6, 6.07) is 3.75. The number of thiophene rings is 1. The van der Waals surface area contributed by atoms with Crippen LogP contribution in [0.25, 0.3) is 10.6 Å². The molecule has 0 aliphatic carbocycles. The smallest absolute Gasteiger partial charge is 0.236 e. The van der Waals surface area contributed by atoms with Crippen molar-refractivity contribution in [3.05, 3.63) is 27.4 Å². The van der Waals surface area contributed by atoms with Crippen molar-refractivity contribution < 1.29 is 4.79 Å². The van der Waals surface area contributed by atoms with Gasteiger partial charge in [-0.3, -0.25) is 4.79 Å². The van der Waals surface area contributed by atoms with Gasteiger partial charge in [0.25, 0.3) is 0 Å². The summed E-state index contributed by atoms with van der Waals surface area (Å²) in [6.45, 7) is 0. The van der Waals surface area contributed by atoms with Crippen LogP contribution in [0.2, 0.25) is 4.34 Å². The molecule has 21 heavy (non-hydrogen) atoms. The molecule has 0 radical (unpaired) electrons. The second-order valence-corrected chi connectivity index (χ2v) is 8.31. The number of thioether (sulfide) groups is 1. The van der Waals surface area contributed by atoms with Crippen LogP contribution in [0, 0.1) is 0 Å². The number of rotatable bonds is 5. The summed E-state index contributed by atoms with van der Waals surface area (Å²) in [5, 5.41) is 12.8. The highest BCUT2D eigenvalue weighted by molar-refractivity contribution is 8.01. The average Bonchev–Trinajstić information content (AvgIpc) is 3.17. The van der Waals surface area contributed by atoms with Crippen LogP contribution in [0.15, 0.2) is 27.4 Å². The van der Waals surface area contributed by atoms with Crippen LogP contribution < -0.4 is 5.32 Å². The van der Waals surface area contributed by atoms with Gasteiger partial charge in [-0.05, 0) is 12.1 Å². The number of amides is 1. The number of nitrogens with zero attached hydrogens (tertiary/aromatic N) is 3. The van der Waals surface area contributed by atoms with E-state index in [1.54, 1.807) is 5.51 Å². The van der Waals surface area contributed by atoms with Crippen LogP contribution in [-0.4, -0.2) is 26.8 Å². The summed E-state index contributed by atoms with van der Waals surface area (Å²) in [6.07, 6.45) is 0. The number of carbonyl (C=O) groups excluding carboxylic acids is 1. The number of hydrogen-bond acceptors (Lipinski definition) is 8. The maximum atomic E-state index is 11.8. The van der Waals surface area contributed by atoms with E-state index in [0.29, 0.717) is 5.13 Å². The Morgan fingerprint density at radius 3 is 3.00 bits per heavy atom. The Bertz CT molecular complexity index is 739. The average molecular weight is 375 g/mol. The van der Waals surface area contributed by atoms with E-state index >= 15 is 0 Å². The molecular weight excluding hydrogens is 368 g/mol. The van der Waals surface area contributed by atoms with Gasteiger partial charge in [-0.1, -0.05) is 34.7 Å². The third-order valence-corrected chi connectivity index (χ3v) is 6.11. The molecule has 3 aromatic rings. The minimum absolute atomic E-state index is 0.111. The molecule has 1 N–H and O–H groups in total. The molecule has 0 atom stereocenters. The van der Waals surface area contributed by atoms with Gasteiger partial charge in [-0.15, -0.1) is 32.9 Å². The van der Waals surface area contributed by atoms with E-state index in [1.165, 1.54) is 45.8 Å². The van der Waals surface area contributed by atoms with Crippen LogP contribution in [-0.2, 0) is 4.79 Å². The van der Waals surface area contributed by atoms with E-state index in [4.69, 9.17) is 11.6 Å². The summed E-state index contributed by atoms with van der Waals surface area (Å²) in [7, 11) is 0. The summed E-state index contributed by atoms with van der Waals surface area (Å²) < 4.78 is 1.50. The van der Waals surface area contributed by atoms with E-state index in [9.17, 15) is 4.79 Å². The molecule has 0 saturated carbocycles. The first-order valence-electron chi connectivity index (χ1n) is 5.61. The summed E-state index contributed by atoms with van der Waals surface area (Å²) in [5.41, 5.74) is 2.46. The van der Waals surface area contributed by atoms with Crippen LogP contribution in [0.1, 0.15) is 0 Å². The summed E-state index contributed by atoms with van der Waals surface area (Å²) >= 11 is 11.5. The van der Waals surface area contributed by atoms with Crippen molar-refractivity contribution in [2.75, 3.05) is 11.1 Å². The fraction of sp³-hybridized carbons (Fsp3) is 0.0909. The van der Waals surface area contributed by atoms with Gasteiger partial charge in [0.1, 0.15) is 5.51 Å². The van der Waals surface area contributed by atoms with Crippen molar-refractivity contribution in [2.45, 2.75) is 4.34 Å². The lowest BCUT2D eigenvalue weighted by molar-refractivity contribution is -0.113. The third-order valence-electron chi connectivity index (χ3n) is 2.24. The fourth-order valence-corrected chi connectivity index (χ4v) is 4.50. The van der Waals surface area contributed by atoms with E-state index in [-0.39, 0.29) is 11.7 Å². The lowest BCUT2D eigenvalue weighted by Crippen LogP contribution is -2.13. The maximum absolute atomic E-state index is 11.8. The van der Waals surface area contributed by atoms with Crippen LogP contribution in [0.3, 0.4) is 0 Å². The Labute approximate surface area is 141 Å². The second-order valence-electron chi connectivity index (χ2n) is 3.68. The lowest BCUT2D eigenvalue weighted by Gasteiger charge is -1.99. The number of thiazole rings is 1. The normalized spacial score (nSPS) is 10.7. The number of anilines is 1. The number of hydrogen-bond donors (Lipinski definition) is 1. The Balaban J connectivity index is 1.58. The van der Waals surface area contributed by atoms with Crippen LogP contribution >= 0.6 is 57.4 Å². The Kier molecular flexibility index (Phi) is 4.86. The monoisotopic (exact) mass is 374 g/mol. The van der Waals surface area contributed by atoms with Crippen LogP contribution in [0.4, 0.5) is 5.13 Å². The third kappa shape index (κ3) is 4.01. The molecule has 0 aromatic carbocycles. The van der Waals surface area contributed by atoms with Gasteiger partial charge in [0.2, 0.25) is 5.91 Å². The Morgan fingerprint density at radius 1 is 1.38 bits per heavy atom. The Morgan fingerprint density at radius 2 is 2.29 bits per heavy atom. The zero-order valence-corrected chi connectivity index (χ0v) is 14.3. The molecule has 0 aliphatic rings. The molecule has 1 amide bonds. The van der Waals surface area contributed by atoms with Crippen molar-refractivity contribution in [1.29, 1.82) is 0 Å². The van der Waals surface area contributed by atoms with Gasteiger partial charge in [0.05, 0.1) is 20.7 Å². The molecule has 0 fully saturated rings. The number of carbonyl (C=O) groups is 1.